The molecule has 10 heteroatoms. The minimum atomic E-state index is -4.51. The normalized spacial score (nSPS) is 18.7. The van der Waals surface area contributed by atoms with Crippen molar-refractivity contribution in [3.8, 4) is 0 Å². The summed E-state index contributed by atoms with van der Waals surface area (Å²) in [7, 11) is 1.97. The molecule has 2 amide bonds. The molecule has 5 nitrogen and oxygen atoms in total. The summed E-state index contributed by atoms with van der Waals surface area (Å²) in [4.78, 5) is 30.7. The fraction of sp³-hybridized carbons (Fsp3) is 0.440. The van der Waals surface area contributed by atoms with Gasteiger partial charge in [-0.2, -0.15) is 13.2 Å². The van der Waals surface area contributed by atoms with Crippen LogP contribution in [0.5, 0.6) is 0 Å². The number of likely N-dealkylation sites (N-methyl/N-ethyl adjacent to an activating group) is 1. The van der Waals surface area contributed by atoms with Crippen LogP contribution >= 0.6 is 23.2 Å². The predicted molar refractivity (Wildman–Crippen MR) is 129 cm³/mol. The number of halogens is 5. The van der Waals surface area contributed by atoms with Gasteiger partial charge in [0.1, 0.15) is 6.04 Å². The number of hydrogen-bond acceptors (Lipinski definition) is 3. The topological polar surface area (TPSA) is 52.6 Å². The molecule has 188 valence electrons. The first-order valence-corrected chi connectivity index (χ1v) is 12.2. The zero-order valence-corrected chi connectivity index (χ0v) is 20.7. The van der Waals surface area contributed by atoms with Gasteiger partial charge in [0.2, 0.25) is 11.8 Å². The zero-order chi connectivity index (χ0) is 25.4. The smallest absolute Gasteiger partial charge is 0.343 e. The van der Waals surface area contributed by atoms with Crippen LogP contribution in [0, 0.1) is 0 Å². The molecule has 0 spiro atoms. The second kappa shape index (κ2) is 9.99. The highest BCUT2D eigenvalue weighted by Gasteiger charge is 2.52. The summed E-state index contributed by atoms with van der Waals surface area (Å²) >= 11 is 12.3. The lowest BCUT2D eigenvalue weighted by Gasteiger charge is -2.35. The molecule has 35 heavy (non-hydrogen) atoms. The number of piperazine rings is 1. The SMILES string of the molecule is CN1CCN(C(=O)[C@H](Cc2ccc(Cl)cc2Cl)NC(=O)C2(c3cccc(C(F)(F)F)c3)CC2)CC1. The van der Waals surface area contributed by atoms with Crippen molar-refractivity contribution in [2.45, 2.75) is 36.9 Å². The summed E-state index contributed by atoms with van der Waals surface area (Å²) < 4.78 is 39.8. The number of nitrogens with zero attached hydrogens (tertiary/aromatic N) is 2. The molecule has 1 atom stereocenters. The lowest BCUT2D eigenvalue weighted by Crippen LogP contribution is -2.56. The number of rotatable bonds is 6. The molecule has 0 unspecified atom stereocenters. The average molecular weight is 528 g/mol. The van der Waals surface area contributed by atoms with E-state index in [-0.39, 0.29) is 12.3 Å². The lowest BCUT2D eigenvalue weighted by molar-refractivity contribution is -0.138. The third-order valence-electron chi connectivity index (χ3n) is 6.78. The highest BCUT2D eigenvalue weighted by atomic mass is 35.5. The standard InChI is InChI=1S/C25H26Cl2F3N3O2/c1-32-9-11-33(12-10-32)22(34)21(13-16-5-6-19(26)15-20(16)27)31-23(35)24(7-8-24)17-3-2-4-18(14-17)25(28,29)30/h2-6,14-15,21H,7-13H2,1H3,(H,31,35)/t21-/m0/s1. The van der Waals surface area contributed by atoms with E-state index >= 15 is 0 Å². The van der Waals surface area contributed by atoms with E-state index in [9.17, 15) is 22.8 Å². The number of alkyl halides is 3. The summed E-state index contributed by atoms with van der Waals surface area (Å²) in [5.41, 5.74) is -0.925. The van der Waals surface area contributed by atoms with Gasteiger partial charge in [-0.05, 0) is 49.2 Å². The van der Waals surface area contributed by atoms with Crippen LogP contribution in [0.1, 0.15) is 29.5 Å². The van der Waals surface area contributed by atoms with Crippen molar-refractivity contribution in [3.63, 3.8) is 0 Å². The molecule has 0 bridgehead atoms. The van der Waals surface area contributed by atoms with Crippen LogP contribution in [-0.2, 0) is 27.6 Å². The first-order valence-electron chi connectivity index (χ1n) is 11.4. The minimum Gasteiger partial charge on any atom is -0.343 e. The van der Waals surface area contributed by atoms with Gasteiger partial charge < -0.3 is 15.1 Å². The van der Waals surface area contributed by atoms with E-state index in [1.807, 2.05) is 7.05 Å². The van der Waals surface area contributed by atoms with Gasteiger partial charge in [0.15, 0.2) is 0 Å². The summed E-state index contributed by atoms with van der Waals surface area (Å²) in [5, 5.41) is 3.69. The van der Waals surface area contributed by atoms with Crippen LogP contribution in [0.15, 0.2) is 42.5 Å². The Morgan fingerprint density at radius 3 is 2.34 bits per heavy atom. The molecule has 1 saturated heterocycles. The number of benzene rings is 2. The molecule has 2 aliphatic rings. The van der Waals surface area contributed by atoms with Gasteiger partial charge >= 0.3 is 6.18 Å². The van der Waals surface area contributed by atoms with Gasteiger partial charge in [-0.15, -0.1) is 0 Å². The molecule has 2 fully saturated rings. The van der Waals surface area contributed by atoms with Gasteiger partial charge in [0, 0.05) is 42.6 Å². The second-order valence-electron chi connectivity index (χ2n) is 9.26. The number of carbonyl (C=O) groups is 2. The van der Waals surface area contributed by atoms with Crippen molar-refractivity contribution < 1.29 is 22.8 Å². The largest absolute Gasteiger partial charge is 0.416 e. The predicted octanol–water partition coefficient (Wildman–Crippen LogP) is 4.55. The van der Waals surface area contributed by atoms with Crippen LogP contribution < -0.4 is 5.32 Å². The molecule has 0 aromatic heterocycles. The highest BCUT2D eigenvalue weighted by Crippen LogP contribution is 2.49. The van der Waals surface area contributed by atoms with Crippen LogP contribution in [0.4, 0.5) is 13.2 Å². The van der Waals surface area contributed by atoms with E-state index < -0.39 is 29.1 Å². The van der Waals surface area contributed by atoms with Gasteiger partial charge in [-0.25, -0.2) is 0 Å². The summed E-state index contributed by atoms with van der Waals surface area (Å²) in [6.45, 7) is 2.47. The van der Waals surface area contributed by atoms with Crippen LogP contribution in [0.3, 0.4) is 0 Å². The van der Waals surface area contributed by atoms with Crippen LogP contribution in [-0.4, -0.2) is 60.9 Å². The average Bonchev–Trinajstić information content (AvgIpc) is 3.62. The summed E-state index contributed by atoms with van der Waals surface area (Å²) in [6.07, 6.45) is -3.53. The third kappa shape index (κ3) is 5.76. The number of nitrogens with one attached hydrogen (secondary N) is 1. The molecular weight excluding hydrogens is 502 g/mol. The molecule has 1 aliphatic heterocycles. The molecule has 1 heterocycles. The fourth-order valence-electron chi connectivity index (χ4n) is 4.42. The Morgan fingerprint density at radius 2 is 1.74 bits per heavy atom. The van der Waals surface area contributed by atoms with Crippen molar-refractivity contribution >= 4 is 35.0 Å². The Hall–Kier alpha value is -2.29. The lowest BCUT2D eigenvalue weighted by atomic mass is 9.92. The fourth-order valence-corrected chi connectivity index (χ4v) is 4.90. The van der Waals surface area contributed by atoms with E-state index in [2.05, 4.69) is 10.2 Å². The maximum Gasteiger partial charge on any atom is 0.416 e. The third-order valence-corrected chi connectivity index (χ3v) is 7.37. The molecular formula is C25H26Cl2F3N3O2. The Morgan fingerprint density at radius 1 is 1.06 bits per heavy atom. The first kappa shape index (κ1) is 25.8. The van der Waals surface area contributed by atoms with E-state index in [1.54, 1.807) is 23.1 Å². The molecule has 1 N–H and O–H groups in total. The maximum atomic E-state index is 13.5. The van der Waals surface area contributed by atoms with Crippen LogP contribution in [0.25, 0.3) is 0 Å². The van der Waals surface area contributed by atoms with Crippen molar-refractivity contribution in [1.82, 2.24) is 15.1 Å². The van der Waals surface area contributed by atoms with E-state index in [0.29, 0.717) is 60.2 Å². The van der Waals surface area contributed by atoms with E-state index in [4.69, 9.17) is 23.2 Å². The van der Waals surface area contributed by atoms with E-state index in [1.165, 1.54) is 12.1 Å². The number of hydrogen-bond donors (Lipinski definition) is 1. The Kier molecular flexibility index (Phi) is 7.36. The van der Waals surface area contributed by atoms with Gasteiger partial charge in [0.25, 0.3) is 0 Å². The number of amides is 2. The Balaban J connectivity index is 1.58. The molecule has 1 aliphatic carbocycles. The second-order valence-corrected chi connectivity index (χ2v) is 10.1. The van der Waals surface area contributed by atoms with Crippen molar-refractivity contribution in [2.75, 3.05) is 33.2 Å². The molecule has 4 rings (SSSR count). The zero-order valence-electron chi connectivity index (χ0n) is 19.2. The minimum absolute atomic E-state index is 0.144. The van der Waals surface area contributed by atoms with Crippen LogP contribution in [0.2, 0.25) is 10.0 Å². The quantitative estimate of drug-likeness (QED) is 0.599. The van der Waals surface area contributed by atoms with E-state index in [0.717, 1.165) is 12.1 Å². The maximum absolute atomic E-state index is 13.5. The molecule has 1 saturated carbocycles. The van der Waals surface area contributed by atoms with Gasteiger partial charge in [0.05, 0.1) is 11.0 Å². The number of carbonyl (C=O) groups excluding carboxylic acids is 2. The summed E-state index contributed by atoms with van der Waals surface area (Å²) in [6, 6.07) is 8.89. The summed E-state index contributed by atoms with van der Waals surface area (Å²) in [5.74, 6) is -0.688. The molecule has 0 radical (unpaired) electrons. The monoisotopic (exact) mass is 527 g/mol. The van der Waals surface area contributed by atoms with Gasteiger partial charge in [-0.3, -0.25) is 9.59 Å². The Labute approximate surface area is 212 Å². The van der Waals surface area contributed by atoms with Crippen molar-refractivity contribution in [3.05, 3.63) is 69.2 Å². The van der Waals surface area contributed by atoms with Crippen molar-refractivity contribution in [2.24, 2.45) is 0 Å². The Bertz CT molecular complexity index is 1110. The van der Waals surface area contributed by atoms with Gasteiger partial charge in [-0.1, -0.05) is 47.5 Å². The van der Waals surface area contributed by atoms with Crippen molar-refractivity contribution in [1.29, 1.82) is 0 Å². The first-order chi connectivity index (χ1) is 16.5. The highest BCUT2D eigenvalue weighted by molar-refractivity contribution is 6.35. The molecule has 2 aromatic rings. The molecule has 2 aromatic carbocycles.